The monoisotopic (exact) mass is 371 g/mol. The van der Waals surface area contributed by atoms with Crippen LogP contribution in [0.4, 0.5) is 0 Å². The van der Waals surface area contributed by atoms with Crippen LogP contribution in [0.2, 0.25) is 10.0 Å². The highest BCUT2D eigenvalue weighted by Gasteiger charge is 2.28. The summed E-state index contributed by atoms with van der Waals surface area (Å²) >= 11 is 15.5. The number of ether oxygens (including phenoxy) is 1. The Labute approximate surface area is 136 Å². The molecule has 1 aliphatic heterocycles. The molecule has 0 aromatic heterocycles. The summed E-state index contributed by atoms with van der Waals surface area (Å²) in [6.07, 6.45) is 0.610. The summed E-state index contributed by atoms with van der Waals surface area (Å²) in [5, 5.41) is 1.36. The van der Waals surface area contributed by atoms with E-state index in [4.69, 9.17) is 33.7 Å². The van der Waals surface area contributed by atoms with E-state index < -0.39 is 0 Å². The molecule has 2 N–H and O–H groups in total. The predicted octanol–water partition coefficient (Wildman–Crippen LogP) is 5.28. The van der Waals surface area contributed by atoms with Gasteiger partial charge in [-0.2, -0.15) is 0 Å². The third kappa shape index (κ3) is 2.68. The average molecular weight is 373 g/mol. The number of hydrogen-bond donors (Lipinski definition) is 1. The van der Waals surface area contributed by atoms with E-state index in [-0.39, 0.29) is 12.1 Å². The fraction of sp³-hybridized carbons (Fsp3) is 0.200. The van der Waals surface area contributed by atoms with Gasteiger partial charge >= 0.3 is 0 Å². The minimum absolute atomic E-state index is 0.0923. The van der Waals surface area contributed by atoms with Gasteiger partial charge < -0.3 is 10.5 Å². The second kappa shape index (κ2) is 5.57. The van der Waals surface area contributed by atoms with E-state index in [0.717, 1.165) is 21.3 Å². The van der Waals surface area contributed by atoms with Crippen LogP contribution in [0.1, 0.15) is 29.7 Å². The summed E-state index contributed by atoms with van der Waals surface area (Å²) in [6, 6.07) is 11.1. The minimum Gasteiger partial charge on any atom is -0.485 e. The van der Waals surface area contributed by atoms with Crippen molar-refractivity contribution in [2.24, 2.45) is 5.73 Å². The Bertz CT molecular complexity index is 662. The van der Waals surface area contributed by atoms with Gasteiger partial charge in [0.2, 0.25) is 0 Å². The van der Waals surface area contributed by atoms with Gasteiger partial charge in [0.25, 0.3) is 0 Å². The third-order valence-corrected chi connectivity index (χ3v) is 4.57. The van der Waals surface area contributed by atoms with Crippen LogP contribution in [-0.2, 0) is 0 Å². The second-order valence-corrected chi connectivity index (χ2v) is 6.52. The molecule has 2 aromatic rings. The lowest BCUT2D eigenvalue weighted by Crippen LogP contribution is -2.24. The molecule has 2 aromatic carbocycles. The highest BCUT2D eigenvalue weighted by molar-refractivity contribution is 9.10. The van der Waals surface area contributed by atoms with Crippen molar-refractivity contribution in [2.45, 2.75) is 18.6 Å². The van der Waals surface area contributed by atoms with E-state index in [1.807, 2.05) is 36.4 Å². The lowest BCUT2D eigenvalue weighted by atomic mass is 9.93. The first kappa shape index (κ1) is 14.2. The van der Waals surface area contributed by atoms with Gasteiger partial charge in [0.1, 0.15) is 11.9 Å². The Morgan fingerprint density at radius 2 is 1.75 bits per heavy atom. The molecular weight excluding hydrogens is 361 g/mol. The van der Waals surface area contributed by atoms with E-state index >= 15 is 0 Å². The van der Waals surface area contributed by atoms with Gasteiger partial charge in [-0.1, -0.05) is 45.2 Å². The van der Waals surface area contributed by atoms with Gasteiger partial charge in [-0.15, -0.1) is 0 Å². The van der Waals surface area contributed by atoms with E-state index in [9.17, 15) is 0 Å². The molecule has 2 nitrogen and oxygen atoms in total. The van der Waals surface area contributed by atoms with Gasteiger partial charge in [-0.3, -0.25) is 0 Å². The maximum absolute atomic E-state index is 6.24. The number of benzene rings is 2. The zero-order valence-corrected chi connectivity index (χ0v) is 13.5. The third-order valence-electron chi connectivity index (χ3n) is 3.42. The van der Waals surface area contributed by atoms with Crippen LogP contribution in [0.15, 0.2) is 40.9 Å². The molecule has 1 aliphatic rings. The molecule has 0 radical (unpaired) electrons. The van der Waals surface area contributed by atoms with E-state index in [0.29, 0.717) is 16.5 Å². The molecule has 0 saturated heterocycles. The summed E-state index contributed by atoms with van der Waals surface area (Å²) in [5.74, 6) is 0.792. The highest BCUT2D eigenvalue weighted by atomic mass is 79.9. The Kier molecular flexibility index (Phi) is 3.95. The van der Waals surface area contributed by atoms with Crippen LogP contribution in [0.3, 0.4) is 0 Å². The Balaban J connectivity index is 1.97. The molecule has 2 atom stereocenters. The lowest BCUT2D eigenvalue weighted by molar-refractivity contribution is 0.161. The summed E-state index contributed by atoms with van der Waals surface area (Å²) in [7, 11) is 0. The van der Waals surface area contributed by atoms with Crippen LogP contribution in [-0.4, -0.2) is 0 Å². The van der Waals surface area contributed by atoms with Crippen LogP contribution in [0.25, 0.3) is 0 Å². The number of rotatable bonds is 1. The first-order chi connectivity index (χ1) is 9.54. The summed E-state index contributed by atoms with van der Waals surface area (Å²) in [5.41, 5.74) is 8.25. The van der Waals surface area contributed by atoms with Crippen molar-refractivity contribution in [3.8, 4) is 5.75 Å². The highest BCUT2D eigenvalue weighted by Crippen LogP contribution is 2.42. The van der Waals surface area contributed by atoms with Gasteiger partial charge in [-0.25, -0.2) is 0 Å². The number of fused-ring (bicyclic) bond motifs is 1. The van der Waals surface area contributed by atoms with Crippen molar-refractivity contribution >= 4 is 39.1 Å². The first-order valence-corrected chi connectivity index (χ1v) is 7.76. The molecule has 0 fully saturated rings. The number of halogens is 3. The standard InChI is InChI=1S/C15H12BrCl2NO/c16-12-6-9(18)1-3-10(12)15-7-13(19)11-5-8(17)2-4-14(11)20-15/h1-6,13,15H,7,19H2. The van der Waals surface area contributed by atoms with Crippen molar-refractivity contribution < 1.29 is 4.74 Å². The number of hydrogen-bond acceptors (Lipinski definition) is 2. The Hall–Kier alpha value is -0.740. The lowest BCUT2D eigenvalue weighted by Gasteiger charge is -2.31. The molecule has 0 amide bonds. The quantitative estimate of drug-likeness (QED) is 0.738. The average Bonchev–Trinajstić information content (AvgIpc) is 2.39. The zero-order valence-electron chi connectivity index (χ0n) is 10.4. The number of nitrogens with two attached hydrogens (primary N) is 1. The molecule has 0 aliphatic carbocycles. The van der Waals surface area contributed by atoms with Gasteiger partial charge in [0, 0.05) is 38.1 Å². The first-order valence-electron chi connectivity index (χ1n) is 6.21. The second-order valence-electron chi connectivity index (χ2n) is 4.80. The molecule has 2 unspecified atom stereocenters. The largest absolute Gasteiger partial charge is 0.485 e. The van der Waals surface area contributed by atoms with Gasteiger partial charge in [0.05, 0.1) is 0 Å². The molecule has 1 heterocycles. The van der Waals surface area contributed by atoms with Crippen LogP contribution in [0.5, 0.6) is 5.75 Å². The van der Waals surface area contributed by atoms with Crippen LogP contribution in [0, 0.1) is 0 Å². The normalized spacial score (nSPS) is 21.2. The Morgan fingerprint density at radius 1 is 1.05 bits per heavy atom. The fourth-order valence-electron chi connectivity index (χ4n) is 2.43. The van der Waals surface area contributed by atoms with E-state index in [1.165, 1.54) is 0 Å². The minimum atomic E-state index is -0.0926. The van der Waals surface area contributed by atoms with E-state index in [2.05, 4.69) is 15.9 Å². The molecule has 20 heavy (non-hydrogen) atoms. The van der Waals surface area contributed by atoms with Gasteiger partial charge in [-0.05, 0) is 30.3 Å². The molecule has 0 spiro atoms. The maximum atomic E-state index is 6.24. The molecule has 0 bridgehead atoms. The van der Waals surface area contributed by atoms with Crippen LogP contribution < -0.4 is 10.5 Å². The Morgan fingerprint density at radius 3 is 2.50 bits per heavy atom. The topological polar surface area (TPSA) is 35.2 Å². The van der Waals surface area contributed by atoms with Crippen molar-refractivity contribution in [1.29, 1.82) is 0 Å². The summed E-state index contributed by atoms with van der Waals surface area (Å²) in [6.45, 7) is 0. The molecule has 5 heteroatoms. The SMILES string of the molecule is NC1CC(c2ccc(Cl)cc2Br)Oc2ccc(Cl)cc21. The van der Waals surface area contributed by atoms with E-state index in [1.54, 1.807) is 0 Å². The smallest absolute Gasteiger partial charge is 0.127 e. The molecular formula is C15H12BrCl2NO. The molecule has 0 saturated carbocycles. The van der Waals surface area contributed by atoms with Crippen molar-refractivity contribution in [3.05, 3.63) is 62.0 Å². The van der Waals surface area contributed by atoms with Crippen molar-refractivity contribution in [3.63, 3.8) is 0 Å². The fourth-order valence-corrected chi connectivity index (χ4v) is 3.55. The summed E-state index contributed by atoms with van der Waals surface area (Å²) in [4.78, 5) is 0. The maximum Gasteiger partial charge on any atom is 0.127 e. The molecule has 104 valence electrons. The van der Waals surface area contributed by atoms with Crippen molar-refractivity contribution in [1.82, 2.24) is 0 Å². The predicted molar refractivity (Wildman–Crippen MR) is 85.5 cm³/mol. The summed E-state index contributed by atoms with van der Waals surface area (Å²) < 4.78 is 6.98. The zero-order chi connectivity index (χ0) is 14.3. The van der Waals surface area contributed by atoms with Crippen molar-refractivity contribution in [2.75, 3.05) is 0 Å². The van der Waals surface area contributed by atoms with Crippen LogP contribution >= 0.6 is 39.1 Å². The molecule has 3 rings (SSSR count). The van der Waals surface area contributed by atoms with Gasteiger partial charge in [0.15, 0.2) is 0 Å².